The fraction of sp³-hybridized carbons (Fsp3) is 0.316. The van der Waals surface area contributed by atoms with Crippen LogP contribution in [0.2, 0.25) is 0 Å². The zero-order valence-electron chi connectivity index (χ0n) is 15.0. The maximum atomic E-state index is 12.7. The average molecular weight is 391 g/mol. The van der Waals surface area contributed by atoms with Gasteiger partial charge in [0.25, 0.3) is 0 Å². The van der Waals surface area contributed by atoms with Crippen LogP contribution in [0, 0.1) is 6.92 Å². The van der Waals surface area contributed by atoms with Crippen LogP contribution < -0.4 is 9.62 Å². The molecule has 0 saturated heterocycles. The smallest absolute Gasteiger partial charge is 0.240 e. The number of carbonyl (C=O) groups is 1. The van der Waals surface area contributed by atoms with Crippen molar-refractivity contribution in [3.63, 3.8) is 0 Å². The van der Waals surface area contributed by atoms with E-state index in [-0.39, 0.29) is 22.6 Å². The van der Waals surface area contributed by atoms with Gasteiger partial charge in [-0.1, -0.05) is 36.8 Å². The molecule has 1 aliphatic heterocycles. The van der Waals surface area contributed by atoms with E-state index in [1.54, 1.807) is 34.9 Å². The molecule has 2 aromatic rings. The molecule has 1 heterocycles. The van der Waals surface area contributed by atoms with Gasteiger partial charge in [-0.2, -0.15) is 0 Å². The van der Waals surface area contributed by atoms with Crippen LogP contribution in [0.25, 0.3) is 0 Å². The maximum Gasteiger partial charge on any atom is 0.240 e. The topological polar surface area (TPSA) is 66.5 Å². The van der Waals surface area contributed by atoms with Gasteiger partial charge in [-0.3, -0.25) is 4.79 Å². The van der Waals surface area contributed by atoms with E-state index in [0.717, 1.165) is 21.7 Å². The summed E-state index contributed by atoms with van der Waals surface area (Å²) in [5, 5.41) is 0.213. The van der Waals surface area contributed by atoms with Crippen LogP contribution in [0.5, 0.6) is 0 Å². The number of benzene rings is 2. The highest BCUT2D eigenvalue weighted by Crippen LogP contribution is 2.39. The van der Waals surface area contributed by atoms with E-state index >= 15 is 0 Å². The van der Waals surface area contributed by atoms with E-state index < -0.39 is 10.0 Å². The number of carbonyl (C=O) groups excluding carboxylic acids is 1. The summed E-state index contributed by atoms with van der Waals surface area (Å²) in [6.07, 6.45) is 0. The van der Waals surface area contributed by atoms with Crippen molar-refractivity contribution in [3.8, 4) is 0 Å². The molecule has 1 amide bonds. The molecular formula is C19H22N2O3S2. The predicted molar refractivity (Wildman–Crippen MR) is 105 cm³/mol. The van der Waals surface area contributed by atoms with Crippen LogP contribution in [0.3, 0.4) is 0 Å². The van der Waals surface area contributed by atoms with Crippen LogP contribution in [-0.2, 0) is 21.4 Å². The lowest BCUT2D eigenvalue weighted by Gasteiger charge is -2.32. The summed E-state index contributed by atoms with van der Waals surface area (Å²) in [6, 6.07) is 12.7. The third-order valence-corrected chi connectivity index (χ3v) is 6.80. The number of anilines is 1. The molecule has 1 unspecified atom stereocenters. The highest BCUT2D eigenvalue weighted by molar-refractivity contribution is 8.00. The standard InChI is InChI=1S/C19H22N2O3S2/c1-13-4-6-16(7-5-13)11-20-26(23,24)17-8-9-18-19(10-17)25-14(2)12-21(18)15(3)22/h4-10,14,20H,11-12H2,1-3H3. The highest BCUT2D eigenvalue weighted by atomic mass is 32.2. The van der Waals surface area contributed by atoms with Crippen molar-refractivity contribution in [1.29, 1.82) is 0 Å². The van der Waals surface area contributed by atoms with Gasteiger partial charge in [0.2, 0.25) is 15.9 Å². The molecule has 1 atom stereocenters. The van der Waals surface area contributed by atoms with Crippen molar-refractivity contribution < 1.29 is 13.2 Å². The lowest BCUT2D eigenvalue weighted by Crippen LogP contribution is -2.37. The lowest BCUT2D eigenvalue weighted by atomic mass is 10.2. The average Bonchev–Trinajstić information content (AvgIpc) is 2.60. The molecule has 0 bridgehead atoms. The fourth-order valence-electron chi connectivity index (χ4n) is 2.85. The van der Waals surface area contributed by atoms with E-state index in [1.807, 2.05) is 38.1 Å². The molecule has 0 aliphatic carbocycles. The number of fused-ring (bicyclic) bond motifs is 1. The molecule has 0 aromatic heterocycles. The molecule has 26 heavy (non-hydrogen) atoms. The van der Waals surface area contributed by atoms with Gasteiger partial charge < -0.3 is 4.90 Å². The summed E-state index contributed by atoms with van der Waals surface area (Å²) >= 11 is 1.59. The fourth-order valence-corrected chi connectivity index (χ4v) is 5.12. The minimum atomic E-state index is -3.62. The Morgan fingerprint density at radius 2 is 1.92 bits per heavy atom. The Morgan fingerprint density at radius 1 is 1.23 bits per heavy atom. The van der Waals surface area contributed by atoms with Gasteiger partial charge in [0.1, 0.15) is 0 Å². The summed E-state index contributed by atoms with van der Waals surface area (Å²) in [4.78, 5) is 14.6. The second kappa shape index (κ2) is 7.42. The number of hydrogen-bond acceptors (Lipinski definition) is 4. The minimum absolute atomic E-state index is 0.0356. The molecule has 0 spiro atoms. The summed E-state index contributed by atoms with van der Waals surface area (Å²) in [5.74, 6) is -0.0356. The number of nitrogens with zero attached hydrogens (tertiary/aromatic N) is 1. The van der Waals surface area contributed by atoms with Crippen molar-refractivity contribution in [1.82, 2.24) is 4.72 Å². The summed E-state index contributed by atoms with van der Waals surface area (Å²) in [7, 11) is -3.62. The van der Waals surface area contributed by atoms with Crippen LogP contribution in [-0.4, -0.2) is 26.1 Å². The van der Waals surface area contributed by atoms with Gasteiger partial charge in [0, 0.05) is 30.2 Å². The first-order chi connectivity index (χ1) is 12.3. The van der Waals surface area contributed by atoms with E-state index in [2.05, 4.69) is 4.72 Å². The maximum absolute atomic E-state index is 12.7. The number of nitrogens with one attached hydrogen (secondary N) is 1. The molecule has 0 radical (unpaired) electrons. The van der Waals surface area contributed by atoms with Crippen LogP contribution in [0.1, 0.15) is 25.0 Å². The van der Waals surface area contributed by atoms with Crippen LogP contribution >= 0.6 is 11.8 Å². The van der Waals surface area contributed by atoms with Gasteiger partial charge in [0.15, 0.2) is 0 Å². The number of sulfonamides is 1. The zero-order chi connectivity index (χ0) is 18.9. The second-order valence-electron chi connectivity index (χ2n) is 6.50. The molecule has 0 fully saturated rings. The molecular weight excluding hydrogens is 368 g/mol. The Morgan fingerprint density at radius 3 is 2.58 bits per heavy atom. The normalized spacial score (nSPS) is 17.0. The van der Waals surface area contributed by atoms with Crippen molar-refractivity contribution in [2.45, 2.75) is 42.4 Å². The first-order valence-electron chi connectivity index (χ1n) is 8.40. The third-order valence-electron chi connectivity index (χ3n) is 4.27. The summed E-state index contributed by atoms with van der Waals surface area (Å²) in [5.41, 5.74) is 2.81. The predicted octanol–water partition coefficient (Wildman–Crippen LogP) is 3.32. The van der Waals surface area contributed by atoms with Crippen LogP contribution in [0.15, 0.2) is 52.3 Å². The van der Waals surface area contributed by atoms with Gasteiger partial charge in [0.05, 0.1) is 10.6 Å². The van der Waals surface area contributed by atoms with Crippen molar-refractivity contribution in [3.05, 3.63) is 53.6 Å². The number of amides is 1. The monoisotopic (exact) mass is 390 g/mol. The summed E-state index contributed by atoms with van der Waals surface area (Å²) < 4.78 is 28.0. The number of hydrogen-bond donors (Lipinski definition) is 1. The van der Waals surface area contributed by atoms with Gasteiger partial charge in [-0.15, -0.1) is 11.8 Å². The SMILES string of the molecule is CC(=O)N1CC(C)Sc2cc(S(=O)(=O)NCc3ccc(C)cc3)ccc21. The third kappa shape index (κ3) is 4.11. The van der Waals surface area contributed by atoms with E-state index in [4.69, 9.17) is 0 Å². The molecule has 2 aromatic carbocycles. The van der Waals surface area contributed by atoms with Crippen molar-refractivity contribution in [2.75, 3.05) is 11.4 Å². The second-order valence-corrected chi connectivity index (χ2v) is 9.74. The Labute approximate surface area is 158 Å². The van der Waals surface area contributed by atoms with E-state index in [0.29, 0.717) is 6.54 Å². The molecule has 138 valence electrons. The number of aryl methyl sites for hydroxylation is 1. The highest BCUT2D eigenvalue weighted by Gasteiger charge is 2.26. The zero-order valence-corrected chi connectivity index (χ0v) is 16.7. The minimum Gasteiger partial charge on any atom is -0.310 e. The van der Waals surface area contributed by atoms with E-state index in [9.17, 15) is 13.2 Å². The molecule has 1 aliphatic rings. The van der Waals surface area contributed by atoms with Crippen LogP contribution in [0.4, 0.5) is 5.69 Å². The quantitative estimate of drug-likeness (QED) is 0.870. The number of rotatable bonds is 4. The van der Waals surface area contributed by atoms with Gasteiger partial charge in [-0.05, 0) is 30.7 Å². The molecule has 5 nitrogen and oxygen atoms in total. The Balaban J connectivity index is 1.83. The first kappa shape index (κ1) is 18.9. The van der Waals surface area contributed by atoms with Gasteiger partial charge in [-0.25, -0.2) is 13.1 Å². The van der Waals surface area contributed by atoms with Crippen molar-refractivity contribution in [2.24, 2.45) is 0 Å². The Kier molecular flexibility index (Phi) is 5.41. The molecule has 0 saturated carbocycles. The first-order valence-corrected chi connectivity index (χ1v) is 10.8. The molecule has 1 N–H and O–H groups in total. The number of thioether (sulfide) groups is 1. The summed E-state index contributed by atoms with van der Waals surface area (Å²) in [6.45, 7) is 6.41. The van der Waals surface area contributed by atoms with Gasteiger partial charge >= 0.3 is 0 Å². The molecule has 3 rings (SSSR count). The largest absolute Gasteiger partial charge is 0.310 e. The van der Waals surface area contributed by atoms with E-state index in [1.165, 1.54) is 6.92 Å². The lowest BCUT2D eigenvalue weighted by molar-refractivity contribution is -0.116. The Hall–Kier alpha value is -1.83. The molecule has 7 heteroatoms. The Bertz CT molecular complexity index is 924. The van der Waals surface area contributed by atoms with Crippen molar-refractivity contribution >= 4 is 33.4 Å².